The van der Waals surface area contributed by atoms with Crippen LogP contribution < -0.4 is 15.8 Å². The number of morpholine rings is 1. The second-order valence-corrected chi connectivity index (χ2v) is 8.29. The van der Waals surface area contributed by atoms with Crippen molar-refractivity contribution >= 4 is 29.9 Å². The summed E-state index contributed by atoms with van der Waals surface area (Å²) in [5.41, 5.74) is 9.90. The van der Waals surface area contributed by atoms with Crippen LogP contribution in [0.3, 0.4) is 0 Å². The van der Waals surface area contributed by atoms with Crippen molar-refractivity contribution in [2.45, 2.75) is 51.6 Å². The van der Waals surface area contributed by atoms with Gasteiger partial charge in [-0.05, 0) is 31.0 Å². The Morgan fingerprint density at radius 3 is 2.52 bits per heavy atom. The second kappa shape index (κ2) is 11.2. The molecule has 0 amide bonds. The summed E-state index contributed by atoms with van der Waals surface area (Å²) in [4.78, 5) is 7.10. The molecule has 2 aliphatic rings. The fraction of sp³-hybridized carbons (Fsp3) is 0.458. The highest BCUT2D eigenvalue weighted by Crippen LogP contribution is 2.31. The SMILES string of the molecule is CC1CN(Cc2ccccc2CN=C(N)NC2CCOc3ccccc32)CC(C)O1.I. The van der Waals surface area contributed by atoms with Gasteiger partial charge in [-0.1, -0.05) is 42.5 Å². The van der Waals surface area contributed by atoms with Crippen molar-refractivity contribution in [3.8, 4) is 5.75 Å². The summed E-state index contributed by atoms with van der Waals surface area (Å²) in [5, 5.41) is 3.38. The zero-order valence-corrected chi connectivity index (χ0v) is 20.6. The molecule has 3 atom stereocenters. The molecule has 0 radical (unpaired) electrons. The van der Waals surface area contributed by atoms with Gasteiger partial charge in [0, 0.05) is 31.6 Å². The third-order valence-corrected chi connectivity index (χ3v) is 5.71. The highest BCUT2D eigenvalue weighted by Gasteiger charge is 2.23. The molecule has 31 heavy (non-hydrogen) atoms. The largest absolute Gasteiger partial charge is 0.493 e. The first-order valence-corrected chi connectivity index (χ1v) is 10.8. The van der Waals surface area contributed by atoms with Crippen LogP contribution in [0.15, 0.2) is 53.5 Å². The van der Waals surface area contributed by atoms with Crippen molar-refractivity contribution in [2.75, 3.05) is 19.7 Å². The third-order valence-electron chi connectivity index (χ3n) is 5.71. The fourth-order valence-electron chi connectivity index (χ4n) is 4.41. The lowest BCUT2D eigenvalue weighted by molar-refractivity contribution is -0.0705. The van der Waals surface area contributed by atoms with Crippen molar-refractivity contribution in [1.29, 1.82) is 0 Å². The van der Waals surface area contributed by atoms with Crippen molar-refractivity contribution < 1.29 is 9.47 Å². The number of nitrogens with one attached hydrogen (secondary N) is 1. The number of guanidine groups is 1. The predicted molar refractivity (Wildman–Crippen MR) is 135 cm³/mol. The van der Waals surface area contributed by atoms with Gasteiger partial charge in [-0.3, -0.25) is 4.90 Å². The number of aliphatic imine (C=N–C) groups is 1. The van der Waals surface area contributed by atoms with Gasteiger partial charge in [-0.25, -0.2) is 4.99 Å². The molecule has 2 aliphatic heterocycles. The van der Waals surface area contributed by atoms with E-state index in [-0.39, 0.29) is 42.2 Å². The molecule has 3 N–H and O–H groups in total. The molecule has 6 nitrogen and oxygen atoms in total. The maximum atomic E-state index is 6.25. The Kier molecular flexibility index (Phi) is 8.57. The standard InChI is InChI=1S/C24H32N4O2.HI/c1-17-14-28(15-18(2)30-17)16-20-8-4-3-7-19(20)13-26-24(25)27-22-11-12-29-23-10-6-5-9-21(22)23;/h3-10,17-18,22H,11-16H2,1-2H3,(H3,25,26,27);1H. The summed E-state index contributed by atoms with van der Waals surface area (Å²) in [6.07, 6.45) is 1.40. The predicted octanol–water partition coefficient (Wildman–Crippen LogP) is 3.84. The second-order valence-electron chi connectivity index (χ2n) is 8.29. The van der Waals surface area contributed by atoms with E-state index >= 15 is 0 Å². The minimum atomic E-state index is 0. The maximum Gasteiger partial charge on any atom is 0.189 e. The van der Waals surface area contributed by atoms with E-state index in [2.05, 4.69) is 59.4 Å². The van der Waals surface area contributed by atoms with E-state index in [1.165, 1.54) is 11.1 Å². The van der Waals surface area contributed by atoms with Crippen LogP contribution in [-0.2, 0) is 17.8 Å². The van der Waals surface area contributed by atoms with Crippen LogP contribution in [0.25, 0.3) is 0 Å². The number of ether oxygens (including phenoxy) is 2. The Labute approximate surface area is 202 Å². The molecule has 0 aliphatic carbocycles. The van der Waals surface area contributed by atoms with Crippen LogP contribution in [0.2, 0.25) is 0 Å². The van der Waals surface area contributed by atoms with Gasteiger partial charge in [0.25, 0.3) is 0 Å². The van der Waals surface area contributed by atoms with Crippen molar-refractivity contribution in [3.63, 3.8) is 0 Å². The van der Waals surface area contributed by atoms with Crippen LogP contribution in [0.4, 0.5) is 0 Å². The number of para-hydroxylation sites is 1. The van der Waals surface area contributed by atoms with Gasteiger partial charge in [0.05, 0.1) is 31.4 Å². The van der Waals surface area contributed by atoms with E-state index in [9.17, 15) is 0 Å². The molecule has 0 bridgehead atoms. The fourth-order valence-corrected chi connectivity index (χ4v) is 4.41. The van der Waals surface area contributed by atoms with Crippen LogP contribution >= 0.6 is 24.0 Å². The van der Waals surface area contributed by atoms with Crippen molar-refractivity contribution in [2.24, 2.45) is 10.7 Å². The molecule has 7 heteroatoms. The number of hydrogen-bond donors (Lipinski definition) is 2. The topological polar surface area (TPSA) is 72.1 Å². The lowest BCUT2D eigenvalue weighted by atomic mass is 10.0. The van der Waals surface area contributed by atoms with E-state index in [4.69, 9.17) is 15.2 Å². The summed E-state index contributed by atoms with van der Waals surface area (Å²) in [6.45, 7) is 8.34. The Morgan fingerprint density at radius 2 is 1.74 bits per heavy atom. The summed E-state index contributed by atoms with van der Waals surface area (Å²) < 4.78 is 11.6. The van der Waals surface area contributed by atoms with Gasteiger partial charge < -0.3 is 20.5 Å². The zero-order valence-electron chi connectivity index (χ0n) is 18.3. The molecule has 0 spiro atoms. The number of benzene rings is 2. The summed E-state index contributed by atoms with van der Waals surface area (Å²) in [7, 11) is 0. The molecule has 1 fully saturated rings. The Bertz CT molecular complexity index is 881. The molecular formula is C24H33IN4O2. The van der Waals surface area contributed by atoms with Crippen molar-refractivity contribution in [3.05, 3.63) is 65.2 Å². The monoisotopic (exact) mass is 536 g/mol. The Morgan fingerprint density at radius 1 is 1.06 bits per heavy atom. The lowest BCUT2D eigenvalue weighted by Crippen LogP contribution is -2.44. The van der Waals surface area contributed by atoms with Gasteiger partial charge in [0.15, 0.2) is 5.96 Å². The first-order valence-electron chi connectivity index (χ1n) is 10.8. The number of nitrogens with zero attached hydrogens (tertiary/aromatic N) is 2. The quantitative estimate of drug-likeness (QED) is 0.345. The Balaban J connectivity index is 0.00000272. The highest BCUT2D eigenvalue weighted by atomic mass is 127. The van der Waals surface area contributed by atoms with Gasteiger partial charge in [-0.2, -0.15) is 0 Å². The zero-order chi connectivity index (χ0) is 20.9. The average molecular weight is 536 g/mol. The molecule has 2 aromatic carbocycles. The molecule has 4 rings (SSSR count). The average Bonchev–Trinajstić information content (AvgIpc) is 2.73. The van der Waals surface area contributed by atoms with Gasteiger partial charge >= 0.3 is 0 Å². The summed E-state index contributed by atoms with van der Waals surface area (Å²) in [5.74, 6) is 1.40. The number of hydrogen-bond acceptors (Lipinski definition) is 4. The number of nitrogens with two attached hydrogens (primary N) is 1. The van der Waals surface area contributed by atoms with E-state index in [1.807, 2.05) is 18.2 Å². The molecular weight excluding hydrogens is 503 g/mol. The van der Waals surface area contributed by atoms with Crippen molar-refractivity contribution in [1.82, 2.24) is 10.2 Å². The number of fused-ring (bicyclic) bond motifs is 1. The van der Waals surface area contributed by atoms with Crippen LogP contribution in [0, 0.1) is 0 Å². The highest BCUT2D eigenvalue weighted by molar-refractivity contribution is 14.0. The summed E-state index contributed by atoms with van der Waals surface area (Å²) >= 11 is 0. The summed E-state index contributed by atoms with van der Waals surface area (Å²) in [6, 6.07) is 16.7. The van der Waals surface area contributed by atoms with Gasteiger partial charge in [0.2, 0.25) is 0 Å². The van der Waals surface area contributed by atoms with Crippen LogP contribution in [0.5, 0.6) is 5.75 Å². The molecule has 2 aromatic rings. The normalized spacial score (nSPS) is 23.9. The number of halogens is 1. The van der Waals surface area contributed by atoms with E-state index in [0.717, 1.165) is 37.4 Å². The molecule has 1 saturated heterocycles. The van der Waals surface area contributed by atoms with E-state index in [1.54, 1.807) is 0 Å². The first kappa shape index (κ1) is 23.8. The molecule has 2 heterocycles. The number of rotatable bonds is 5. The van der Waals surface area contributed by atoms with E-state index < -0.39 is 0 Å². The van der Waals surface area contributed by atoms with Crippen LogP contribution in [-0.4, -0.2) is 42.8 Å². The maximum absolute atomic E-state index is 6.25. The molecule has 3 unspecified atom stereocenters. The third kappa shape index (κ3) is 6.33. The van der Waals surface area contributed by atoms with Gasteiger partial charge in [-0.15, -0.1) is 24.0 Å². The lowest BCUT2D eigenvalue weighted by Gasteiger charge is -2.35. The molecule has 0 aromatic heterocycles. The minimum Gasteiger partial charge on any atom is -0.493 e. The smallest absolute Gasteiger partial charge is 0.189 e. The minimum absolute atomic E-state index is 0. The molecule has 0 saturated carbocycles. The van der Waals surface area contributed by atoms with Gasteiger partial charge in [0.1, 0.15) is 5.75 Å². The van der Waals surface area contributed by atoms with Crippen LogP contribution in [0.1, 0.15) is 43.0 Å². The Hall–Kier alpha value is -1.84. The first-order chi connectivity index (χ1) is 14.6. The molecule has 168 valence electrons. The van der Waals surface area contributed by atoms with E-state index in [0.29, 0.717) is 19.1 Å².